The molecule has 0 saturated carbocycles. The van der Waals surface area contributed by atoms with Crippen LogP contribution in [0.15, 0.2) is 224 Å². The summed E-state index contributed by atoms with van der Waals surface area (Å²) in [6.45, 7) is 4.81. The van der Waals surface area contributed by atoms with E-state index in [1.54, 1.807) is 0 Å². The molecule has 0 atom stereocenters. The van der Waals surface area contributed by atoms with Gasteiger partial charge in [-0.05, 0) is 130 Å². The SMILES string of the molecule is CC1(C)c2cc(N(c3ccc(-c4cccc5c4sc4ccccc45)cc3)c3ccc4c(c3)c3ccccc3n4-c3ccccc3)ccc2-c2cc3c(cc21)c1ccccc1n3-c1ccccc1. The highest BCUT2D eigenvalue weighted by Crippen LogP contribution is 2.53. The molecule has 0 amide bonds. The van der Waals surface area contributed by atoms with Gasteiger partial charge in [0.1, 0.15) is 0 Å². The molecule has 3 aromatic heterocycles. The lowest BCUT2D eigenvalue weighted by atomic mass is 9.82. The molecule has 1 aliphatic carbocycles. The Morgan fingerprint density at radius 1 is 0.358 bits per heavy atom. The van der Waals surface area contributed by atoms with Crippen LogP contribution in [0.25, 0.3) is 97.4 Å². The van der Waals surface area contributed by atoms with E-state index < -0.39 is 0 Å². The zero-order chi connectivity index (χ0) is 44.4. The van der Waals surface area contributed by atoms with Crippen LogP contribution in [0.3, 0.4) is 0 Å². The van der Waals surface area contributed by atoms with Gasteiger partial charge in [0.25, 0.3) is 0 Å². The maximum atomic E-state index is 2.48. The van der Waals surface area contributed by atoms with Gasteiger partial charge < -0.3 is 14.0 Å². The molecule has 1 aliphatic rings. The van der Waals surface area contributed by atoms with Crippen LogP contribution in [0.5, 0.6) is 0 Å². The molecule has 0 unspecified atom stereocenters. The zero-order valence-electron chi connectivity index (χ0n) is 37.1. The lowest BCUT2D eigenvalue weighted by Gasteiger charge is -2.28. The first-order valence-corrected chi connectivity index (χ1v) is 24.0. The van der Waals surface area contributed by atoms with Crippen LogP contribution in [0.4, 0.5) is 17.1 Å². The van der Waals surface area contributed by atoms with Gasteiger partial charge in [-0.3, -0.25) is 0 Å². The topological polar surface area (TPSA) is 13.1 Å². The van der Waals surface area contributed by atoms with Crippen LogP contribution in [-0.4, -0.2) is 9.13 Å². The fraction of sp³-hybridized carbons (Fsp3) is 0.0476. The number of nitrogens with zero attached hydrogens (tertiary/aromatic N) is 3. The molecule has 10 aromatic carbocycles. The molecule has 0 saturated heterocycles. The van der Waals surface area contributed by atoms with Crippen molar-refractivity contribution in [2.45, 2.75) is 19.3 Å². The first kappa shape index (κ1) is 38.1. The van der Waals surface area contributed by atoms with Crippen molar-refractivity contribution in [1.82, 2.24) is 9.13 Å². The maximum Gasteiger partial charge on any atom is 0.0547 e. The van der Waals surface area contributed by atoms with Gasteiger partial charge >= 0.3 is 0 Å². The van der Waals surface area contributed by atoms with Crippen molar-refractivity contribution >= 4 is 92.2 Å². The van der Waals surface area contributed by atoms with Crippen molar-refractivity contribution in [2.24, 2.45) is 0 Å². The van der Waals surface area contributed by atoms with Crippen LogP contribution >= 0.6 is 11.3 Å². The number of thiophene rings is 1. The summed E-state index contributed by atoms with van der Waals surface area (Å²) in [5.41, 5.74) is 18.1. The summed E-state index contributed by atoms with van der Waals surface area (Å²) in [6.07, 6.45) is 0. The Morgan fingerprint density at radius 2 is 0.896 bits per heavy atom. The summed E-state index contributed by atoms with van der Waals surface area (Å²) in [7, 11) is 0. The van der Waals surface area contributed by atoms with Gasteiger partial charge in [0.2, 0.25) is 0 Å². The molecule has 4 heteroatoms. The molecule has 3 nitrogen and oxygen atoms in total. The number of fused-ring (bicyclic) bond motifs is 12. The van der Waals surface area contributed by atoms with Crippen LogP contribution in [0.2, 0.25) is 0 Å². The van der Waals surface area contributed by atoms with E-state index in [0.29, 0.717) is 0 Å². The molecular weight excluding hydrogens is 831 g/mol. The lowest BCUT2D eigenvalue weighted by Crippen LogP contribution is -2.16. The second kappa shape index (κ2) is 14.4. The number of anilines is 3. The second-order valence-corrected chi connectivity index (χ2v) is 19.6. The van der Waals surface area contributed by atoms with Crippen LogP contribution < -0.4 is 4.90 Å². The number of rotatable bonds is 6. The monoisotopic (exact) mass is 873 g/mol. The minimum Gasteiger partial charge on any atom is -0.310 e. The van der Waals surface area contributed by atoms with Crippen LogP contribution in [0.1, 0.15) is 25.0 Å². The summed E-state index contributed by atoms with van der Waals surface area (Å²) in [6, 6.07) is 83.0. The van der Waals surface area contributed by atoms with Gasteiger partial charge in [0.05, 0.1) is 22.1 Å². The summed E-state index contributed by atoms with van der Waals surface area (Å²) < 4.78 is 7.48. The van der Waals surface area contributed by atoms with Crippen molar-refractivity contribution < 1.29 is 0 Å². The first-order valence-electron chi connectivity index (χ1n) is 23.2. The minimum absolute atomic E-state index is 0.240. The van der Waals surface area contributed by atoms with Gasteiger partial charge in [0.15, 0.2) is 0 Å². The average molecular weight is 874 g/mol. The molecule has 0 N–H and O–H groups in total. The second-order valence-electron chi connectivity index (χ2n) is 18.5. The van der Waals surface area contributed by atoms with Gasteiger partial charge in [-0.25, -0.2) is 0 Å². The standard InChI is InChI=1S/C63H43N3S/c1-63(2)55-37-45(32-34-47(55)52-39-60-54(38-56(52)63)49-21-10-13-26-58(49)66(60)42-18-7-4-8-19-42)64(43-30-28-40(29-31-43)46-23-15-24-51-50-22-11-14-27-61(50)67-62(46)51)44-33-35-59-53(36-44)48-20-9-12-25-57(48)65(59)41-16-5-3-6-17-41/h3-39H,1-2H3. The van der Waals surface area contributed by atoms with E-state index in [2.05, 4.69) is 252 Å². The zero-order valence-corrected chi connectivity index (χ0v) is 37.9. The van der Waals surface area contributed by atoms with Gasteiger partial charge in [0, 0.05) is 75.6 Å². The van der Waals surface area contributed by atoms with Crippen molar-refractivity contribution in [1.29, 1.82) is 0 Å². The molecule has 0 aliphatic heterocycles. The third-order valence-electron chi connectivity index (χ3n) is 14.5. The average Bonchev–Trinajstić information content (AvgIpc) is 4.09. The number of benzene rings is 10. The molecule has 316 valence electrons. The number of hydrogen-bond donors (Lipinski definition) is 0. The van der Waals surface area contributed by atoms with E-state index >= 15 is 0 Å². The summed E-state index contributed by atoms with van der Waals surface area (Å²) in [5.74, 6) is 0. The quantitative estimate of drug-likeness (QED) is 0.162. The van der Waals surface area contributed by atoms with Gasteiger partial charge in [-0.15, -0.1) is 11.3 Å². The van der Waals surface area contributed by atoms with E-state index in [9.17, 15) is 0 Å². The number of aromatic nitrogens is 2. The van der Waals surface area contributed by atoms with E-state index in [4.69, 9.17) is 0 Å². The Labute approximate surface area is 392 Å². The molecule has 0 bridgehead atoms. The smallest absolute Gasteiger partial charge is 0.0547 e. The van der Waals surface area contributed by atoms with E-state index in [1.807, 2.05) is 11.3 Å². The molecular formula is C63H43N3S. The van der Waals surface area contributed by atoms with Crippen molar-refractivity contribution in [3.05, 3.63) is 236 Å². The molecule has 3 heterocycles. The predicted molar refractivity (Wildman–Crippen MR) is 286 cm³/mol. The Morgan fingerprint density at radius 3 is 1.61 bits per heavy atom. The predicted octanol–water partition coefficient (Wildman–Crippen LogP) is 17.7. The summed E-state index contributed by atoms with van der Waals surface area (Å²) in [5, 5.41) is 7.66. The summed E-state index contributed by atoms with van der Waals surface area (Å²) >= 11 is 1.88. The largest absolute Gasteiger partial charge is 0.310 e. The number of hydrogen-bond acceptors (Lipinski definition) is 2. The fourth-order valence-electron chi connectivity index (χ4n) is 11.3. The molecule has 0 fully saturated rings. The first-order chi connectivity index (χ1) is 33.0. The maximum absolute atomic E-state index is 2.48. The van der Waals surface area contributed by atoms with E-state index in [-0.39, 0.29) is 5.41 Å². The van der Waals surface area contributed by atoms with E-state index in [0.717, 1.165) is 22.7 Å². The van der Waals surface area contributed by atoms with E-state index in [1.165, 1.54) is 103 Å². The highest BCUT2D eigenvalue weighted by Gasteiger charge is 2.37. The van der Waals surface area contributed by atoms with Crippen molar-refractivity contribution in [3.63, 3.8) is 0 Å². The third kappa shape index (κ3) is 5.63. The molecule has 0 radical (unpaired) electrons. The molecule has 14 rings (SSSR count). The molecule has 67 heavy (non-hydrogen) atoms. The Kier molecular flexibility index (Phi) is 8.20. The molecule has 13 aromatic rings. The third-order valence-corrected chi connectivity index (χ3v) is 15.7. The van der Waals surface area contributed by atoms with Gasteiger partial charge in [-0.1, -0.05) is 141 Å². The lowest BCUT2D eigenvalue weighted by molar-refractivity contribution is 0.661. The molecule has 0 spiro atoms. The fourth-order valence-corrected chi connectivity index (χ4v) is 12.6. The van der Waals surface area contributed by atoms with Crippen molar-refractivity contribution in [3.8, 4) is 33.6 Å². The van der Waals surface area contributed by atoms with Gasteiger partial charge in [-0.2, -0.15) is 0 Å². The minimum atomic E-state index is -0.240. The highest BCUT2D eigenvalue weighted by molar-refractivity contribution is 7.26. The number of para-hydroxylation sites is 4. The highest BCUT2D eigenvalue weighted by atomic mass is 32.1. The Hall–Kier alpha value is -8.18. The van der Waals surface area contributed by atoms with Crippen LogP contribution in [-0.2, 0) is 5.41 Å². The Bertz CT molecular complexity index is 4110. The Balaban J connectivity index is 0.955. The van der Waals surface area contributed by atoms with Crippen LogP contribution in [0, 0.1) is 0 Å². The summed E-state index contributed by atoms with van der Waals surface area (Å²) in [4.78, 5) is 2.46. The normalized spacial score (nSPS) is 13.0. The van der Waals surface area contributed by atoms with Crippen molar-refractivity contribution in [2.75, 3.05) is 4.90 Å².